The molecular formula is C23H24FN3O2. The van der Waals surface area contributed by atoms with Crippen LogP contribution in [0.2, 0.25) is 0 Å². The lowest BCUT2D eigenvalue weighted by molar-refractivity contribution is -0.133. The number of carbonyl (C=O) groups excluding carboxylic acids is 2. The molecule has 2 heterocycles. The second kappa shape index (κ2) is 7.70. The summed E-state index contributed by atoms with van der Waals surface area (Å²) in [7, 11) is 0. The molecule has 2 aromatic carbocycles. The summed E-state index contributed by atoms with van der Waals surface area (Å²) >= 11 is 0. The van der Waals surface area contributed by atoms with Gasteiger partial charge >= 0.3 is 0 Å². The molecule has 150 valence electrons. The van der Waals surface area contributed by atoms with Crippen molar-refractivity contribution >= 4 is 22.7 Å². The van der Waals surface area contributed by atoms with Crippen LogP contribution in [0.4, 0.5) is 4.39 Å². The van der Waals surface area contributed by atoms with Crippen molar-refractivity contribution in [2.75, 3.05) is 13.1 Å². The van der Waals surface area contributed by atoms with E-state index in [1.807, 2.05) is 42.2 Å². The molecule has 1 atom stereocenters. The van der Waals surface area contributed by atoms with Gasteiger partial charge in [0.05, 0.1) is 6.54 Å². The third-order valence-corrected chi connectivity index (χ3v) is 5.70. The molecule has 0 bridgehead atoms. The number of para-hydroxylation sites is 1. The van der Waals surface area contributed by atoms with Crippen molar-refractivity contribution in [3.63, 3.8) is 0 Å². The molecule has 1 unspecified atom stereocenters. The largest absolute Gasteiger partial charge is 0.351 e. The number of amides is 2. The third-order valence-electron chi connectivity index (χ3n) is 5.70. The lowest BCUT2D eigenvalue weighted by atomic mass is 9.90. The molecule has 29 heavy (non-hydrogen) atoms. The third kappa shape index (κ3) is 4.01. The maximum Gasteiger partial charge on any atom is 0.268 e. The van der Waals surface area contributed by atoms with Crippen molar-refractivity contribution in [1.82, 2.24) is 15.2 Å². The van der Waals surface area contributed by atoms with Crippen LogP contribution in [-0.4, -0.2) is 40.3 Å². The monoisotopic (exact) mass is 393 g/mol. The van der Waals surface area contributed by atoms with Gasteiger partial charge in [-0.1, -0.05) is 30.3 Å². The average Bonchev–Trinajstić information content (AvgIpc) is 3.29. The minimum absolute atomic E-state index is 0.0626. The summed E-state index contributed by atoms with van der Waals surface area (Å²) in [4.78, 5) is 30.2. The number of aromatic amines is 1. The topological polar surface area (TPSA) is 65.2 Å². The zero-order valence-corrected chi connectivity index (χ0v) is 16.4. The van der Waals surface area contributed by atoms with Gasteiger partial charge in [-0.05, 0) is 56.0 Å². The Kier molecular flexibility index (Phi) is 5.09. The Morgan fingerprint density at radius 1 is 1.17 bits per heavy atom. The normalized spacial score (nSPS) is 18.9. The van der Waals surface area contributed by atoms with Crippen molar-refractivity contribution in [3.8, 4) is 0 Å². The predicted molar refractivity (Wildman–Crippen MR) is 110 cm³/mol. The smallest absolute Gasteiger partial charge is 0.268 e. The van der Waals surface area contributed by atoms with E-state index in [1.165, 1.54) is 12.1 Å². The number of likely N-dealkylation sites (tertiary alicyclic amines) is 1. The predicted octanol–water partition coefficient (Wildman–Crippen LogP) is 3.66. The summed E-state index contributed by atoms with van der Waals surface area (Å²) in [5.41, 5.74) is 1.81. The molecule has 1 aliphatic rings. The second-order valence-electron chi connectivity index (χ2n) is 7.91. The fraction of sp³-hybridized carbons (Fsp3) is 0.304. The lowest BCUT2D eigenvalue weighted by Gasteiger charge is -2.35. The summed E-state index contributed by atoms with van der Waals surface area (Å²) in [6.07, 6.45) is 2.34. The van der Waals surface area contributed by atoms with Crippen molar-refractivity contribution in [2.45, 2.75) is 31.7 Å². The molecule has 0 spiro atoms. The number of aromatic nitrogens is 1. The Morgan fingerprint density at radius 3 is 2.79 bits per heavy atom. The van der Waals surface area contributed by atoms with Crippen LogP contribution in [0.25, 0.3) is 10.9 Å². The fourth-order valence-electron chi connectivity index (χ4n) is 4.26. The summed E-state index contributed by atoms with van der Waals surface area (Å²) in [6.45, 7) is 2.61. The Morgan fingerprint density at radius 2 is 2.00 bits per heavy atom. The number of benzene rings is 2. The molecule has 0 radical (unpaired) electrons. The first-order chi connectivity index (χ1) is 13.9. The average molecular weight is 393 g/mol. The van der Waals surface area contributed by atoms with Gasteiger partial charge in [0.1, 0.15) is 11.5 Å². The van der Waals surface area contributed by atoms with Gasteiger partial charge < -0.3 is 15.2 Å². The molecule has 0 aliphatic carbocycles. The SMILES string of the molecule is CC1(Cc2cccc(F)c2)CCCN1C(=O)CNC(=O)c1cc2ccccc2[nH]1. The van der Waals surface area contributed by atoms with Crippen LogP contribution < -0.4 is 5.32 Å². The first-order valence-corrected chi connectivity index (χ1v) is 9.85. The van der Waals surface area contributed by atoms with Gasteiger partial charge in [-0.2, -0.15) is 0 Å². The van der Waals surface area contributed by atoms with E-state index in [0.717, 1.165) is 29.3 Å². The number of fused-ring (bicyclic) bond motifs is 1. The number of rotatable bonds is 5. The Balaban J connectivity index is 1.41. The maximum absolute atomic E-state index is 13.5. The van der Waals surface area contributed by atoms with Crippen molar-refractivity contribution in [3.05, 3.63) is 71.7 Å². The number of carbonyl (C=O) groups is 2. The van der Waals surface area contributed by atoms with E-state index in [9.17, 15) is 14.0 Å². The quantitative estimate of drug-likeness (QED) is 0.695. The maximum atomic E-state index is 13.5. The van der Waals surface area contributed by atoms with Gasteiger partial charge in [-0.15, -0.1) is 0 Å². The standard InChI is InChI=1S/C23H24FN3O2/c1-23(14-16-6-4-8-18(24)12-16)10-5-11-27(23)21(28)15-25-22(29)20-13-17-7-2-3-9-19(17)26-20/h2-4,6-9,12-13,26H,5,10-11,14-15H2,1H3,(H,25,29). The number of hydrogen-bond acceptors (Lipinski definition) is 2. The van der Waals surface area contributed by atoms with E-state index >= 15 is 0 Å². The van der Waals surface area contributed by atoms with Gasteiger partial charge in [0.2, 0.25) is 5.91 Å². The number of halogens is 1. The Hall–Kier alpha value is -3.15. The van der Waals surface area contributed by atoms with Crippen LogP contribution in [0.5, 0.6) is 0 Å². The minimum Gasteiger partial charge on any atom is -0.351 e. The molecule has 4 rings (SSSR count). The van der Waals surface area contributed by atoms with Crippen LogP contribution in [0.3, 0.4) is 0 Å². The van der Waals surface area contributed by atoms with Crippen LogP contribution in [-0.2, 0) is 11.2 Å². The zero-order chi connectivity index (χ0) is 20.4. The highest BCUT2D eigenvalue weighted by Gasteiger charge is 2.39. The molecular weight excluding hydrogens is 369 g/mol. The molecule has 6 heteroatoms. The molecule has 2 N–H and O–H groups in total. The van der Waals surface area contributed by atoms with Crippen LogP contribution >= 0.6 is 0 Å². The summed E-state index contributed by atoms with van der Waals surface area (Å²) in [5, 5.41) is 3.68. The molecule has 3 aromatic rings. The van der Waals surface area contributed by atoms with Gasteiger partial charge in [0.15, 0.2) is 0 Å². The first kappa shape index (κ1) is 19.2. The summed E-state index contributed by atoms with van der Waals surface area (Å²) in [6, 6.07) is 15.9. The second-order valence-corrected chi connectivity index (χ2v) is 7.91. The Bertz CT molecular complexity index is 1030. The van der Waals surface area contributed by atoms with E-state index in [1.54, 1.807) is 12.1 Å². The molecule has 1 aromatic heterocycles. The molecule has 2 amide bonds. The highest BCUT2D eigenvalue weighted by atomic mass is 19.1. The van der Waals surface area contributed by atoms with E-state index in [0.29, 0.717) is 18.7 Å². The number of nitrogens with one attached hydrogen (secondary N) is 2. The van der Waals surface area contributed by atoms with Gasteiger partial charge in [0, 0.05) is 23.0 Å². The summed E-state index contributed by atoms with van der Waals surface area (Å²) in [5.74, 6) is -0.695. The summed E-state index contributed by atoms with van der Waals surface area (Å²) < 4.78 is 13.5. The van der Waals surface area contributed by atoms with Crippen molar-refractivity contribution in [2.24, 2.45) is 0 Å². The van der Waals surface area contributed by atoms with E-state index < -0.39 is 0 Å². The molecule has 0 saturated carbocycles. The fourth-order valence-corrected chi connectivity index (χ4v) is 4.26. The lowest BCUT2D eigenvalue weighted by Crippen LogP contribution is -2.50. The highest BCUT2D eigenvalue weighted by Crippen LogP contribution is 2.32. The highest BCUT2D eigenvalue weighted by molar-refractivity contribution is 5.99. The molecule has 5 nitrogen and oxygen atoms in total. The van der Waals surface area contributed by atoms with Crippen LogP contribution in [0.15, 0.2) is 54.6 Å². The van der Waals surface area contributed by atoms with Crippen LogP contribution in [0.1, 0.15) is 35.8 Å². The number of H-pyrrole nitrogens is 1. The molecule has 1 fully saturated rings. The minimum atomic E-state index is -0.378. The first-order valence-electron chi connectivity index (χ1n) is 9.85. The van der Waals surface area contributed by atoms with E-state index in [4.69, 9.17) is 0 Å². The number of hydrogen-bond donors (Lipinski definition) is 2. The van der Waals surface area contributed by atoms with E-state index in [-0.39, 0.29) is 29.7 Å². The Labute approximate surface area is 168 Å². The van der Waals surface area contributed by atoms with Gasteiger partial charge in [-0.25, -0.2) is 4.39 Å². The zero-order valence-electron chi connectivity index (χ0n) is 16.4. The van der Waals surface area contributed by atoms with Gasteiger partial charge in [0.25, 0.3) is 5.91 Å². The van der Waals surface area contributed by atoms with Gasteiger partial charge in [-0.3, -0.25) is 9.59 Å². The van der Waals surface area contributed by atoms with Crippen molar-refractivity contribution in [1.29, 1.82) is 0 Å². The molecule has 1 aliphatic heterocycles. The van der Waals surface area contributed by atoms with E-state index in [2.05, 4.69) is 10.3 Å². The molecule has 1 saturated heterocycles. The van der Waals surface area contributed by atoms with Crippen LogP contribution in [0, 0.1) is 5.82 Å². The number of nitrogens with zero attached hydrogens (tertiary/aromatic N) is 1. The van der Waals surface area contributed by atoms with Crippen molar-refractivity contribution < 1.29 is 14.0 Å².